The highest BCUT2D eigenvalue weighted by molar-refractivity contribution is 5.78. The zero-order valence-electron chi connectivity index (χ0n) is 11.1. The molecule has 0 aliphatic heterocycles. The zero-order chi connectivity index (χ0) is 13.9. The summed E-state index contributed by atoms with van der Waals surface area (Å²) in [6, 6.07) is 0. The zero-order valence-corrected chi connectivity index (χ0v) is 11.1. The quantitative estimate of drug-likeness (QED) is 0.476. The summed E-state index contributed by atoms with van der Waals surface area (Å²) in [6.45, 7) is 9.02. The van der Waals surface area contributed by atoms with E-state index in [0.717, 1.165) is 31.8 Å². The largest absolute Gasteiger partial charge is 0.478 e. The number of rotatable bonds is 7. The highest BCUT2D eigenvalue weighted by Gasteiger charge is 2.30. The molecule has 0 aliphatic carbocycles. The highest BCUT2D eigenvalue weighted by atomic mass is 16.5. The standard InChI is InChI=1S/C10H22O2.C3H4O2/c1-4-7-9(6-3)10(11,12)8-5-2;1-2-3(4)5/h9,11-12H,4-8H2,1-3H3;2H,1H2,(H,4,5). The molecule has 0 rings (SSSR count). The maximum absolute atomic E-state index is 9.66. The van der Waals surface area contributed by atoms with E-state index in [1.54, 1.807) is 0 Å². The minimum absolute atomic E-state index is 0.0439. The van der Waals surface area contributed by atoms with Gasteiger partial charge in [0.2, 0.25) is 0 Å². The molecule has 0 radical (unpaired) electrons. The van der Waals surface area contributed by atoms with Crippen LogP contribution in [0.3, 0.4) is 0 Å². The van der Waals surface area contributed by atoms with Crippen molar-refractivity contribution in [2.75, 3.05) is 0 Å². The van der Waals surface area contributed by atoms with Crippen molar-refractivity contribution in [2.24, 2.45) is 5.92 Å². The second-order valence-electron chi connectivity index (χ2n) is 4.06. The third-order valence-electron chi connectivity index (χ3n) is 2.58. The van der Waals surface area contributed by atoms with E-state index in [0.29, 0.717) is 6.42 Å². The summed E-state index contributed by atoms with van der Waals surface area (Å²) in [5.74, 6) is -2.37. The van der Waals surface area contributed by atoms with Crippen LogP contribution in [0, 0.1) is 5.92 Å². The average Bonchev–Trinajstić information content (AvgIpc) is 2.26. The van der Waals surface area contributed by atoms with Gasteiger partial charge in [-0.3, -0.25) is 0 Å². The topological polar surface area (TPSA) is 77.8 Å². The van der Waals surface area contributed by atoms with Gasteiger partial charge in [0.1, 0.15) is 0 Å². The number of carboxylic acid groups (broad SMARTS) is 1. The van der Waals surface area contributed by atoms with Crippen molar-refractivity contribution in [2.45, 2.75) is 58.7 Å². The summed E-state index contributed by atoms with van der Waals surface area (Å²) in [6.07, 6.45) is 4.92. The van der Waals surface area contributed by atoms with Gasteiger partial charge < -0.3 is 15.3 Å². The first-order valence-corrected chi connectivity index (χ1v) is 6.15. The Morgan fingerprint density at radius 3 is 2.00 bits per heavy atom. The summed E-state index contributed by atoms with van der Waals surface area (Å²) < 4.78 is 0. The second kappa shape index (κ2) is 10.3. The van der Waals surface area contributed by atoms with Crippen LogP contribution in [0.2, 0.25) is 0 Å². The Kier molecular flexibility index (Phi) is 11.2. The minimum Gasteiger partial charge on any atom is -0.478 e. The van der Waals surface area contributed by atoms with E-state index in [4.69, 9.17) is 5.11 Å². The normalized spacial score (nSPS) is 12.3. The van der Waals surface area contributed by atoms with Crippen LogP contribution in [-0.2, 0) is 4.79 Å². The smallest absolute Gasteiger partial charge is 0.327 e. The van der Waals surface area contributed by atoms with Crippen molar-refractivity contribution < 1.29 is 20.1 Å². The molecule has 0 spiro atoms. The maximum atomic E-state index is 9.66. The van der Waals surface area contributed by atoms with E-state index < -0.39 is 11.8 Å². The molecule has 0 bridgehead atoms. The van der Waals surface area contributed by atoms with Gasteiger partial charge in [-0.15, -0.1) is 0 Å². The molecule has 17 heavy (non-hydrogen) atoms. The molecule has 0 heterocycles. The number of aliphatic hydroxyl groups is 2. The molecule has 4 heteroatoms. The van der Waals surface area contributed by atoms with Crippen LogP contribution in [0.25, 0.3) is 0 Å². The lowest BCUT2D eigenvalue weighted by molar-refractivity contribution is -0.207. The Labute approximate surface area is 104 Å². The molecule has 0 aromatic heterocycles. The fraction of sp³-hybridized carbons (Fsp3) is 0.769. The van der Waals surface area contributed by atoms with E-state index in [1.165, 1.54) is 0 Å². The molecule has 0 saturated heterocycles. The van der Waals surface area contributed by atoms with Gasteiger partial charge in [-0.1, -0.05) is 40.2 Å². The van der Waals surface area contributed by atoms with Gasteiger partial charge in [0.25, 0.3) is 0 Å². The molecule has 4 nitrogen and oxygen atoms in total. The molecule has 0 saturated carbocycles. The van der Waals surface area contributed by atoms with Crippen molar-refractivity contribution in [1.29, 1.82) is 0 Å². The lowest BCUT2D eigenvalue weighted by atomic mass is 9.88. The Hall–Kier alpha value is -0.870. The van der Waals surface area contributed by atoms with Crippen molar-refractivity contribution in [3.05, 3.63) is 12.7 Å². The van der Waals surface area contributed by atoms with Crippen LogP contribution in [-0.4, -0.2) is 27.1 Å². The summed E-state index contributed by atoms with van der Waals surface area (Å²) in [5, 5.41) is 26.9. The fourth-order valence-electron chi connectivity index (χ4n) is 1.68. The molecular formula is C13H26O4. The second-order valence-corrected chi connectivity index (χ2v) is 4.06. The molecule has 0 aromatic rings. The third-order valence-corrected chi connectivity index (χ3v) is 2.58. The Bertz CT molecular complexity index is 211. The van der Waals surface area contributed by atoms with Crippen molar-refractivity contribution in [1.82, 2.24) is 0 Å². The van der Waals surface area contributed by atoms with Gasteiger partial charge in [0.05, 0.1) is 0 Å². The molecule has 3 N–H and O–H groups in total. The van der Waals surface area contributed by atoms with Gasteiger partial charge in [0, 0.05) is 18.4 Å². The lowest BCUT2D eigenvalue weighted by Crippen LogP contribution is -2.37. The van der Waals surface area contributed by atoms with Crippen LogP contribution < -0.4 is 0 Å². The van der Waals surface area contributed by atoms with Gasteiger partial charge in [0.15, 0.2) is 5.79 Å². The van der Waals surface area contributed by atoms with E-state index in [-0.39, 0.29) is 5.92 Å². The summed E-state index contributed by atoms with van der Waals surface area (Å²) in [5.41, 5.74) is 0. The molecule has 0 amide bonds. The summed E-state index contributed by atoms with van der Waals surface area (Å²) in [7, 11) is 0. The first-order chi connectivity index (χ1) is 7.85. The Morgan fingerprint density at radius 2 is 1.76 bits per heavy atom. The number of aliphatic carboxylic acids is 1. The number of hydrogen-bond acceptors (Lipinski definition) is 3. The van der Waals surface area contributed by atoms with Gasteiger partial charge in [-0.2, -0.15) is 0 Å². The van der Waals surface area contributed by atoms with Gasteiger partial charge in [-0.25, -0.2) is 4.79 Å². The number of carboxylic acids is 1. The molecule has 102 valence electrons. The third kappa shape index (κ3) is 10.0. The molecular weight excluding hydrogens is 220 g/mol. The first kappa shape index (κ1) is 18.5. The molecule has 0 fully saturated rings. The van der Waals surface area contributed by atoms with Crippen molar-refractivity contribution in [3.8, 4) is 0 Å². The van der Waals surface area contributed by atoms with Crippen LogP contribution in [0.5, 0.6) is 0 Å². The van der Waals surface area contributed by atoms with E-state index >= 15 is 0 Å². The molecule has 0 aliphatic rings. The SMILES string of the molecule is C=CC(=O)O.CCCC(CC)C(O)(O)CCC. The predicted molar refractivity (Wildman–Crippen MR) is 68.6 cm³/mol. The van der Waals surface area contributed by atoms with Crippen molar-refractivity contribution >= 4 is 5.97 Å². The highest BCUT2D eigenvalue weighted by Crippen LogP contribution is 2.27. The van der Waals surface area contributed by atoms with Crippen molar-refractivity contribution in [3.63, 3.8) is 0 Å². The first-order valence-electron chi connectivity index (χ1n) is 6.15. The van der Waals surface area contributed by atoms with Gasteiger partial charge in [-0.05, 0) is 12.8 Å². The maximum Gasteiger partial charge on any atom is 0.327 e. The van der Waals surface area contributed by atoms with Crippen LogP contribution in [0.1, 0.15) is 52.9 Å². The predicted octanol–water partition coefficient (Wildman–Crippen LogP) is 2.55. The summed E-state index contributed by atoms with van der Waals surface area (Å²) >= 11 is 0. The number of hydrogen-bond donors (Lipinski definition) is 3. The Morgan fingerprint density at radius 1 is 1.29 bits per heavy atom. The van der Waals surface area contributed by atoms with Crippen LogP contribution in [0.15, 0.2) is 12.7 Å². The molecule has 1 atom stereocenters. The Balaban J connectivity index is 0. The minimum atomic E-state index is -1.43. The molecule has 0 aromatic carbocycles. The fourth-order valence-corrected chi connectivity index (χ4v) is 1.68. The van der Waals surface area contributed by atoms with Gasteiger partial charge >= 0.3 is 5.97 Å². The monoisotopic (exact) mass is 246 g/mol. The van der Waals surface area contributed by atoms with E-state index in [9.17, 15) is 15.0 Å². The number of carbonyl (C=O) groups is 1. The van der Waals surface area contributed by atoms with E-state index in [1.807, 2.05) is 13.8 Å². The van der Waals surface area contributed by atoms with Crippen LogP contribution >= 0.6 is 0 Å². The average molecular weight is 246 g/mol. The molecule has 1 unspecified atom stereocenters. The lowest BCUT2D eigenvalue weighted by Gasteiger charge is -2.30. The van der Waals surface area contributed by atoms with Crippen LogP contribution in [0.4, 0.5) is 0 Å². The van der Waals surface area contributed by atoms with E-state index in [2.05, 4.69) is 13.5 Å². The summed E-state index contributed by atoms with van der Waals surface area (Å²) in [4.78, 5) is 9.25.